The van der Waals surface area contributed by atoms with E-state index in [1.54, 1.807) is 37.5 Å². The molecule has 0 unspecified atom stereocenters. The molecule has 1 amide bonds. The lowest BCUT2D eigenvalue weighted by molar-refractivity contribution is -0.113. The van der Waals surface area contributed by atoms with Crippen LogP contribution in [-0.2, 0) is 4.79 Å². The lowest BCUT2D eigenvalue weighted by Crippen LogP contribution is -2.30. The molecule has 2 aromatic carbocycles. The van der Waals surface area contributed by atoms with Gasteiger partial charge in [-0.05, 0) is 55.5 Å². The Labute approximate surface area is 151 Å². The standard InChI is InChI=1S/C19H18N2O3S/c1-3-24-17-7-5-4-6-13(17)12-16-18(22)21(19(25)20-16)14-8-10-15(23-2)11-9-14/h4-12H,3H2,1-2H3,(H,20,25). The van der Waals surface area contributed by atoms with Crippen LogP contribution in [0.5, 0.6) is 11.5 Å². The summed E-state index contributed by atoms with van der Waals surface area (Å²) in [6.45, 7) is 2.47. The number of para-hydroxylation sites is 1. The monoisotopic (exact) mass is 354 g/mol. The van der Waals surface area contributed by atoms with E-state index < -0.39 is 0 Å². The summed E-state index contributed by atoms with van der Waals surface area (Å²) < 4.78 is 10.7. The number of anilines is 1. The Bertz CT molecular complexity index is 831. The Morgan fingerprint density at radius 3 is 2.56 bits per heavy atom. The summed E-state index contributed by atoms with van der Waals surface area (Å²) in [4.78, 5) is 14.2. The van der Waals surface area contributed by atoms with E-state index in [2.05, 4.69) is 5.32 Å². The average Bonchev–Trinajstić information content (AvgIpc) is 2.90. The third-order valence-corrected chi connectivity index (χ3v) is 4.01. The number of amides is 1. The Morgan fingerprint density at radius 2 is 1.88 bits per heavy atom. The third kappa shape index (κ3) is 3.49. The van der Waals surface area contributed by atoms with E-state index in [4.69, 9.17) is 21.7 Å². The van der Waals surface area contributed by atoms with Gasteiger partial charge in [-0.1, -0.05) is 18.2 Å². The van der Waals surface area contributed by atoms with Crippen molar-refractivity contribution in [2.75, 3.05) is 18.6 Å². The van der Waals surface area contributed by atoms with E-state index in [1.165, 1.54) is 4.90 Å². The van der Waals surface area contributed by atoms with Crippen LogP contribution in [0.1, 0.15) is 12.5 Å². The van der Waals surface area contributed by atoms with Crippen molar-refractivity contribution in [1.82, 2.24) is 5.32 Å². The maximum Gasteiger partial charge on any atom is 0.281 e. The van der Waals surface area contributed by atoms with Gasteiger partial charge < -0.3 is 14.8 Å². The molecule has 0 atom stereocenters. The highest BCUT2D eigenvalue weighted by atomic mass is 32.1. The fourth-order valence-corrected chi connectivity index (χ4v) is 2.84. The van der Waals surface area contributed by atoms with Gasteiger partial charge in [0.15, 0.2) is 5.11 Å². The van der Waals surface area contributed by atoms with Gasteiger partial charge >= 0.3 is 0 Å². The Kier molecular flexibility index (Phi) is 5.00. The van der Waals surface area contributed by atoms with Gasteiger partial charge in [0.2, 0.25) is 0 Å². The van der Waals surface area contributed by atoms with E-state index in [-0.39, 0.29) is 5.91 Å². The number of ether oxygens (including phenoxy) is 2. The highest BCUT2D eigenvalue weighted by Crippen LogP contribution is 2.26. The van der Waals surface area contributed by atoms with Crippen LogP contribution >= 0.6 is 12.2 Å². The zero-order valence-corrected chi connectivity index (χ0v) is 14.8. The normalized spacial score (nSPS) is 15.4. The smallest absolute Gasteiger partial charge is 0.281 e. The first-order valence-corrected chi connectivity index (χ1v) is 8.28. The second kappa shape index (κ2) is 7.36. The molecule has 2 aromatic rings. The molecule has 5 nitrogen and oxygen atoms in total. The summed E-state index contributed by atoms with van der Waals surface area (Å²) >= 11 is 5.33. The molecule has 1 aliphatic heterocycles. The third-order valence-electron chi connectivity index (χ3n) is 3.73. The first-order chi connectivity index (χ1) is 12.1. The van der Waals surface area contributed by atoms with Crippen molar-refractivity contribution in [2.45, 2.75) is 6.92 Å². The van der Waals surface area contributed by atoms with Gasteiger partial charge in [0.05, 0.1) is 19.4 Å². The van der Waals surface area contributed by atoms with Crippen LogP contribution < -0.4 is 19.7 Å². The van der Waals surface area contributed by atoms with Crippen LogP contribution in [0.2, 0.25) is 0 Å². The fraction of sp³-hybridized carbons (Fsp3) is 0.158. The summed E-state index contributed by atoms with van der Waals surface area (Å²) in [6, 6.07) is 14.7. The molecule has 3 rings (SSSR count). The molecule has 128 valence electrons. The number of methoxy groups -OCH3 is 1. The molecule has 0 aromatic heterocycles. The number of hydrogen-bond donors (Lipinski definition) is 1. The number of hydrogen-bond acceptors (Lipinski definition) is 4. The highest BCUT2D eigenvalue weighted by molar-refractivity contribution is 7.80. The van der Waals surface area contributed by atoms with Gasteiger partial charge in [0.25, 0.3) is 5.91 Å². The van der Waals surface area contributed by atoms with Crippen molar-refractivity contribution in [2.24, 2.45) is 0 Å². The Balaban J connectivity index is 1.90. The zero-order valence-electron chi connectivity index (χ0n) is 14.0. The molecule has 1 N–H and O–H groups in total. The number of rotatable bonds is 5. The maximum absolute atomic E-state index is 12.8. The van der Waals surface area contributed by atoms with Crippen LogP contribution in [-0.4, -0.2) is 24.7 Å². The number of benzene rings is 2. The Hall–Kier alpha value is -2.86. The van der Waals surface area contributed by atoms with Gasteiger partial charge in [0.1, 0.15) is 17.2 Å². The molecule has 1 aliphatic rings. The van der Waals surface area contributed by atoms with Crippen molar-refractivity contribution < 1.29 is 14.3 Å². The molecule has 1 heterocycles. The first kappa shape index (κ1) is 17.0. The summed E-state index contributed by atoms with van der Waals surface area (Å²) in [5, 5.41) is 3.32. The van der Waals surface area contributed by atoms with E-state index >= 15 is 0 Å². The van der Waals surface area contributed by atoms with E-state index in [0.717, 1.165) is 17.1 Å². The Morgan fingerprint density at radius 1 is 1.16 bits per heavy atom. The lowest BCUT2D eigenvalue weighted by Gasteiger charge is -2.14. The molecule has 0 spiro atoms. The van der Waals surface area contributed by atoms with Crippen molar-refractivity contribution in [3.05, 3.63) is 59.8 Å². The molecule has 25 heavy (non-hydrogen) atoms. The van der Waals surface area contributed by atoms with Gasteiger partial charge in [-0.25, -0.2) is 0 Å². The van der Waals surface area contributed by atoms with Crippen LogP contribution in [0.15, 0.2) is 54.2 Å². The summed E-state index contributed by atoms with van der Waals surface area (Å²) in [5.41, 5.74) is 1.91. The van der Waals surface area contributed by atoms with E-state index in [1.807, 2.05) is 31.2 Å². The molecule has 6 heteroatoms. The first-order valence-electron chi connectivity index (χ1n) is 7.87. The number of nitrogens with zero attached hydrogens (tertiary/aromatic N) is 1. The number of carbonyl (C=O) groups is 1. The molecule has 0 radical (unpaired) electrons. The zero-order chi connectivity index (χ0) is 17.8. The van der Waals surface area contributed by atoms with Crippen molar-refractivity contribution in [3.8, 4) is 11.5 Å². The van der Waals surface area contributed by atoms with Crippen LogP contribution in [0, 0.1) is 0 Å². The average molecular weight is 354 g/mol. The van der Waals surface area contributed by atoms with E-state index in [0.29, 0.717) is 23.1 Å². The van der Waals surface area contributed by atoms with Gasteiger partial charge in [0, 0.05) is 5.56 Å². The molecule has 1 fully saturated rings. The van der Waals surface area contributed by atoms with Crippen molar-refractivity contribution in [1.29, 1.82) is 0 Å². The van der Waals surface area contributed by atoms with Gasteiger partial charge in [-0.2, -0.15) is 0 Å². The second-order valence-electron chi connectivity index (χ2n) is 5.30. The minimum Gasteiger partial charge on any atom is -0.497 e. The topological polar surface area (TPSA) is 50.8 Å². The van der Waals surface area contributed by atoms with Crippen LogP contribution in [0.25, 0.3) is 6.08 Å². The minimum atomic E-state index is -0.207. The lowest BCUT2D eigenvalue weighted by atomic mass is 10.1. The molecule has 0 bridgehead atoms. The number of thiocarbonyl (C=S) groups is 1. The van der Waals surface area contributed by atoms with Crippen LogP contribution in [0.3, 0.4) is 0 Å². The van der Waals surface area contributed by atoms with Gasteiger partial charge in [-0.3, -0.25) is 9.69 Å². The van der Waals surface area contributed by atoms with Crippen molar-refractivity contribution in [3.63, 3.8) is 0 Å². The van der Waals surface area contributed by atoms with Crippen LogP contribution in [0.4, 0.5) is 5.69 Å². The highest BCUT2D eigenvalue weighted by Gasteiger charge is 2.32. The molecule has 0 aliphatic carbocycles. The number of nitrogens with one attached hydrogen (secondary N) is 1. The molecule has 0 saturated carbocycles. The number of carbonyl (C=O) groups excluding carboxylic acids is 1. The summed E-state index contributed by atoms with van der Waals surface area (Å²) in [5.74, 6) is 1.23. The largest absolute Gasteiger partial charge is 0.497 e. The van der Waals surface area contributed by atoms with Gasteiger partial charge in [-0.15, -0.1) is 0 Å². The SMILES string of the molecule is CCOc1ccccc1C=C1NC(=S)N(c2ccc(OC)cc2)C1=O. The van der Waals surface area contributed by atoms with Crippen molar-refractivity contribution >= 4 is 35.0 Å². The predicted molar refractivity (Wildman–Crippen MR) is 102 cm³/mol. The summed E-state index contributed by atoms with van der Waals surface area (Å²) in [7, 11) is 1.60. The maximum atomic E-state index is 12.8. The molecule has 1 saturated heterocycles. The molecular weight excluding hydrogens is 336 g/mol. The fourth-order valence-electron chi connectivity index (χ4n) is 2.54. The minimum absolute atomic E-state index is 0.207. The molecular formula is C19H18N2O3S. The predicted octanol–water partition coefficient (Wildman–Crippen LogP) is 3.36. The second-order valence-corrected chi connectivity index (χ2v) is 5.68. The summed E-state index contributed by atoms with van der Waals surface area (Å²) in [6.07, 6.45) is 1.75. The van der Waals surface area contributed by atoms with E-state index in [9.17, 15) is 4.79 Å². The quantitative estimate of drug-likeness (QED) is 0.659.